The minimum Gasteiger partial charge on any atom is -0.496 e. The van der Waals surface area contributed by atoms with Gasteiger partial charge in [0.25, 0.3) is 0 Å². The monoisotopic (exact) mass is 369 g/mol. The molecule has 2 bridgehead atoms. The van der Waals surface area contributed by atoms with Gasteiger partial charge in [-0.15, -0.1) is 0 Å². The molecule has 2 aromatic carbocycles. The number of methoxy groups -OCH3 is 1. The third kappa shape index (κ3) is 4.02. The van der Waals surface area contributed by atoms with Crippen LogP contribution in [0.1, 0.15) is 43.2 Å². The third-order valence-corrected chi connectivity index (χ3v) is 6.21. The van der Waals surface area contributed by atoms with Crippen LogP contribution in [0.2, 0.25) is 0 Å². The lowest BCUT2D eigenvalue weighted by atomic mass is 9.73. The number of hydrogen-bond donors (Lipinski definition) is 1. The molecule has 2 aliphatic heterocycles. The minimum atomic E-state index is -0.802. The van der Waals surface area contributed by atoms with E-state index >= 15 is 0 Å². The van der Waals surface area contributed by atoms with Gasteiger partial charge in [-0.2, -0.15) is 0 Å². The first-order chi connectivity index (χ1) is 13.1. The Balaban J connectivity index is 1.53. The van der Waals surface area contributed by atoms with E-state index in [1.165, 1.54) is 24.1 Å². The molecule has 27 heavy (non-hydrogen) atoms. The smallest absolute Gasteiger partial charge is 0.123 e. The molecule has 0 saturated carbocycles. The lowest BCUT2D eigenvalue weighted by Gasteiger charge is -2.52. The first-order valence-corrected chi connectivity index (χ1v) is 9.91. The molecule has 0 amide bonds. The summed E-state index contributed by atoms with van der Waals surface area (Å²) in [6, 6.07) is 15.9. The summed E-state index contributed by atoms with van der Waals surface area (Å²) in [4.78, 5) is 2.58. The first kappa shape index (κ1) is 18.5. The highest BCUT2D eigenvalue weighted by Crippen LogP contribution is 2.42. The molecule has 144 valence electrons. The lowest BCUT2D eigenvalue weighted by Crippen LogP contribution is -2.58. The van der Waals surface area contributed by atoms with Crippen molar-refractivity contribution in [2.45, 2.75) is 62.8 Å². The largest absolute Gasteiger partial charge is 0.496 e. The Bertz CT molecular complexity index is 765. The van der Waals surface area contributed by atoms with Crippen LogP contribution in [0.15, 0.2) is 48.5 Å². The van der Waals surface area contributed by atoms with Crippen LogP contribution in [0.5, 0.6) is 5.75 Å². The standard InChI is InChI=1S/C23H28FNO2/c1-27-22-11-10-19(24)12-18(22)13-23(26)14-20-8-5-9-21(15-23)25(20)16-17-6-3-2-4-7-17/h2-4,6-7,10-12,20-21,26H,5,8-9,13-16H2,1H3. The highest BCUT2D eigenvalue weighted by molar-refractivity contribution is 5.35. The summed E-state index contributed by atoms with van der Waals surface area (Å²) in [5, 5.41) is 11.4. The molecule has 2 heterocycles. The first-order valence-electron chi connectivity index (χ1n) is 9.91. The summed E-state index contributed by atoms with van der Waals surface area (Å²) >= 11 is 0. The Morgan fingerprint density at radius 1 is 1.11 bits per heavy atom. The fourth-order valence-electron chi connectivity index (χ4n) is 5.05. The van der Waals surface area contributed by atoms with Gasteiger partial charge in [-0.3, -0.25) is 4.90 Å². The van der Waals surface area contributed by atoms with Crippen LogP contribution in [0, 0.1) is 5.82 Å². The number of rotatable bonds is 5. The summed E-state index contributed by atoms with van der Waals surface area (Å²) in [7, 11) is 1.60. The van der Waals surface area contributed by atoms with Gasteiger partial charge in [-0.1, -0.05) is 36.8 Å². The van der Waals surface area contributed by atoms with Gasteiger partial charge in [0.1, 0.15) is 11.6 Å². The SMILES string of the molecule is COc1ccc(F)cc1CC1(O)CC2CCCC(C1)N2Cc1ccccc1. The second-order valence-corrected chi connectivity index (χ2v) is 8.16. The lowest BCUT2D eigenvalue weighted by molar-refractivity contribution is -0.0948. The van der Waals surface area contributed by atoms with E-state index < -0.39 is 5.60 Å². The van der Waals surface area contributed by atoms with Crippen molar-refractivity contribution >= 4 is 0 Å². The van der Waals surface area contributed by atoms with Gasteiger partial charge in [-0.05, 0) is 55.0 Å². The Kier molecular flexibility index (Phi) is 5.20. The topological polar surface area (TPSA) is 32.7 Å². The quantitative estimate of drug-likeness (QED) is 0.852. The average Bonchev–Trinajstić information content (AvgIpc) is 2.64. The van der Waals surface area contributed by atoms with Crippen molar-refractivity contribution in [3.63, 3.8) is 0 Å². The molecule has 1 N–H and O–H groups in total. The van der Waals surface area contributed by atoms with Crippen LogP contribution in [0.25, 0.3) is 0 Å². The molecule has 2 aromatic rings. The maximum atomic E-state index is 13.8. The molecule has 4 rings (SSSR count). The number of piperidine rings is 2. The number of halogens is 1. The number of nitrogens with zero attached hydrogens (tertiary/aromatic N) is 1. The third-order valence-electron chi connectivity index (χ3n) is 6.21. The van der Waals surface area contributed by atoms with Crippen molar-refractivity contribution in [2.24, 2.45) is 0 Å². The van der Waals surface area contributed by atoms with Gasteiger partial charge < -0.3 is 9.84 Å². The normalized spacial score (nSPS) is 28.1. The highest BCUT2D eigenvalue weighted by Gasteiger charge is 2.45. The molecule has 4 heteroatoms. The fourth-order valence-corrected chi connectivity index (χ4v) is 5.05. The van der Waals surface area contributed by atoms with Crippen molar-refractivity contribution in [1.82, 2.24) is 4.90 Å². The number of ether oxygens (including phenoxy) is 1. The van der Waals surface area contributed by atoms with Gasteiger partial charge in [0, 0.05) is 25.0 Å². The molecule has 2 saturated heterocycles. The number of fused-ring (bicyclic) bond motifs is 2. The van der Waals surface area contributed by atoms with E-state index in [0.29, 0.717) is 24.3 Å². The van der Waals surface area contributed by atoms with Crippen LogP contribution in [-0.2, 0) is 13.0 Å². The molecule has 2 fully saturated rings. The molecular weight excluding hydrogens is 341 g/mol. The molecule has 0 spiro atoms. The zero-order valence-corrected chi connectivity index (χ0v) is 15.9. The second-order valence-electron chi connectivity index (χ2n) is 8.16. The van der Waals surface area contributed by atoms with Gasteiger partial charge in [-0.25, -0.2) is 4.39 Å². The van der Waals surface area contributed by atoms with E-state index in [1.807, 2.05) is 6.07 Å². The maximum Gasteiger partial charge on any atom is 0.123 e. The number of hydrogen-bond acceptors (Lipinski definition) is 3. The summed E-state index contributed by atoms with van der Waals surface area (Å²) in [5.41, 5.74) is 1.28. The molecule has 2 unspecified atom stereocenters. The van der Waals surface area contributed by atoms with Gasteiger partial charge in [0.15, 0.2) is 0 Å². The van der Waals surface area contributed by atoms with Crippen LogP contribution in [-0.4, -0.2) is 34.8 Å². The van der Waals surface area contributed by atoms with Crippen molar-refractivity contribution in [3.05, 3.63) is 65.5 Å². The molecule has 2 atom stereocenters. The van der Waals surface area contributed by atoms with Gasteiger partial charge >= 0.3 is 0 Å². The van der Waals surface area contributed by atoms with Crippen molar-refractivity contribution < 1.29 is 14.2 Å². The predicted molar refractivity (Wildman–Crippen MR) is 104 cm³/mol. The molecule has 2 aliphatic rings. The highest BCUT2D eigenvalue weighted by atomic mass is 19.1. The van der Waals surface area contributed by atoms with Crippen LogP contribution >= 0.6 is 0 Å². The summed E-state index contributed by atoms with van der Waals surface area (Å²) in [6.07, 6.45) is 5.37. The molecule has 3 nitrogen and oxygen atoms in total. The summed E-state index contributed by atoms with van der Waals surface area (Å²) in [6.45, 7) is 0.940. The van der Waals surface area contributed by atoms with E-state index in [9.17, 15) is 9.50 Å². The van der Waals surface area contributed by atoms with Crippen LogP contribution < -0.4 is 4.74 Å². The van der Waals surface area contributed by atoms with E-state index in [0.717, 1.165) is 37.8 Å². The van der Waals surface area contributed by atoms with Crippen molar-refractivity contribution in [3.8, 4) is 5.75 Å². The van der Waals surface area contributed by atoms with Crippen LogP contribution in [0.3, 0.4) is 0 Å². The van der Waals surface area contributed by atoms with Crippen LogP contribution in [0.4, 0.5) is 4.39 Å². The van der Waals surface area contributed by atoms with E-state index in [4.69, 9.17) is 4.74 Å². The van der Waals surface area contributed by atoms with E-state index in [2.05, 4.69) is 29.2 Å². The summed E-state index contributed by atoms with van der Waals surface area (Å²) < 4.78 is 19.1. The number of aliphatic hydroxyl groups is 1. The zero-order valence-electron chi connectivity index (χ0n) is 15.9. The van der Waals surface area contributed by atoms with Gasteiger partial charge in [0.05, 0.1) is 12.7 Å². The van der Waals surface area contributed by atoms with E-state index in [1.54, 1.807) is 13.2 Å². The van der Waals surface area contributed by atoms with E-state index in [-0.39, 0.29) is 5.82 Å². The predicted octanol–water partition coefficient (Wildman–Crippen LogP) is 4.33. The molecule has 0 aromatic heterocycles. The Hall–Kier alpha value is -1.91. The second kappa shape index (κ2) is 7.61. The fraction of sp³-hybridized carbons (Fsp3) is 0.478. The zero-order chi connectivity index (χ0) is 18.9. The molecule has 0 radical (unpaired) electrons. The molecular formula is C23H28FNO2. The molecule has 0 aliphatic carbocycles. The van der Waals surface area contributed by atoms with Gasteiger partial charge in [0.2, 0.25) is 0 Å². The van der Waals surface area contributed by atoms with Crippen molar-refractivity contribution in [1.29, 1.82) is 0 Å². The number of benzene rings is 2. The Morgan fingerprint density at radius 2 is 1.81 bits per heavy atom. The maximum absolute atomic E-state index is 13.8. The average molecular weight is 369 g/mol. The van der Waals surface area contributed by atoms with Crippen molar-refractivity contribution in [2.75, 3.05) is 7.11 Å². The Labute approximate surface area is 160 Å². The summed E-state index contributed by atoms with van der Waals surface area (Å²) in [5.74, 6) is 0.373. The Morgan fingerprint density at radius 3 is 2.48 bits per heavy atom. The minimum absolute atomic E-state index is 0.281.